The quantitative estimate of drug-likeness (QED) is 0.554. The molecule has 0 bridgehead atoms. The van der Waals surface area contributed by atoms with Crippen molar-refractivity contribution < 1.29 is 19.1 Å². The van der Waals surface area contributed by atoms with Gasteiger partial charge in [0.1, 0.15) is 11.5 Å². The van der Waals surface area contributed by atoms with Gasteiger partial charge in [-0.1, -0.05) is 30.3 Å². The molecule has 194 valence electrons. The van der Waals surface area contributed by atoms with E-state index in [-0.39, 0.29) is 17.9 Å². The molecule has 1 atom stereocenters. The van der Waals surface area contributed by atoms with E-state index in [4.69, 9.17) is 9.47 Å². The van der Waals surface area contributed by atoms with Gasteiger partial charge in [-0.25, -0.2) is 0 Å². The fraction of sp³-hybridized carbons (Fsp3) is 0.345. The van der Waals surface area contributed by atoms with E-state index < -0.39 is 0 Å². The van der Waals surface area contributed by atoms with Crippen molar-refractivity contribution in [3.63, 3.8) is 0 Å². The molecular weight excluding hydrogens is 468 g/mol. The van der Waals surface area contributed by atoms with E-state index in [0.29, 0.717) is 49.7 Å². The fourth-order valence-electron chi connectivity index (χ4n) is 4.70. The van der Waals surface area contributed by atoms with Gasteiger partial charge >= 0.3 is 0 Å². The fourth-order valence-corrected chi connectivity index (χ4v) is 4.70. The van der Waals surface area contributed by atoms with E-state index in [9.17, 15) is 9.59 Å². The molecule has 8 heteroatoms. The molecule has 3 aromatic rings. The lowest BCUT2D eigenvalue weighted by Gasteiger charge is -2.32. The van der Waals surface area contributed by atoms with Crippen LogP contribution in [0, 0.1) is 0 Å². The smallest absolute Gasteiger partial charge is 0.257 e. The molecule has 2 amide bonds. The number of carbonyl (C=O) groups excluding carboxylic acids is 2. The second-order valence-electron chi connectivity index (χ2n) is 9.02. The minimum atomic E-state index is -0.131. The van der Waals surface area contributed by atoms with Gasteiger partial charge in [0, 0.05) is 63.6 Å². The molecule has 2 aromatic carbocycles. The number of rotatable bonds is 6. The van der Waals surface area contributed by atoms with E-state index in [2.05, 4.69) is 27.3 Å². The second-order valence-corrected chi connectivity index (χ2v) is 9.02. The van der Waals surface area contributed by atoms with Crippen LogP contribution in [0.2, 0.25) is 0 Å². The summed E-state index contributed by atoms with van der Waals surface area (Å²) >= 11 is 0. The number of amides is 2. The molecule has 8 nitrogen and oxygen atoms in total. The Morgan fingerprint density at radius 3 is 2.51 bits per heavy atom. The number of methoxy groups -OCH3 is 2. The first-order valence-electron chi connectivity index (χ1n) is 12.5. The Bertz CT molecular complexity index is 1170. The van der Waals surface area contributed by atoms with Crippen LogP contribution < -0.4 is 14.8 Å². The van der Waals surface area contributed by atoms with Crippen LogP contribution in [0.25, 0.3) is 0 Å². The summed E-state index contributed by atoms with van der Waals surface area (Å²) in [5.41, 5.74) is 2.70. The minimum Gasteiger partial charge on any atom is -0.497 e. The third-order valence-corrected chi connectivity index (χ3v) is 6.64. The van der Waals surface area contributed by atoms with Gasteiger partial charge in [0.05, 0.1) is 19.8 Å². The van der Waals surface area contributed by atoms with Crippen molar-refractivity contribution in [2.24, 2.45) is 0 Å². The highest BCUT2D eigenvalue weighted by Gasteiger charge is 2.26. The maximum Gasteiger partial charge on any atom is 0.257 e. The zero-order valence-corrected chi connectivity index (χ0v) is 21.4. The monoisotopic (exact) mass is 502 g/mol. The summed E-state index contributed by atoms with van der Waals surface area (Å²) in [6.07, 6.45) is 4.67. The van der Waals surface area contributed by atoms with Crippen molar-refractivity contribution in [2.75, 3.05) is 40.4 Å². The van der Waals surface area contributed by atoms with Gasteiger partial charge in [-0.2, -0.15) is 0 Å². The summed E-state index contributed by atoms with van der Waals surface area (Å²) in [5, 5.41) is 3.03. The van der Waals surface area contributed by atoms with Gasteiger partial charge in [-0.05, 0) is 41.8 Å². The number of benzene rings is 2. The van der Waals surface area contributed by atoms with Crippen LogP contribution in [-0.2, 0) is 11.3 Å². The van der Waals surface area contributed by atoms with Gasteiger partial charge in [-0.3, -0.25) is 19.5 Å². The normalized spacial score (nSPS) is 17.4. The molecule has 1 saturated heterocycles. The highest BCUT2D eigenvalue weighted by Crippen LogP contribution is 2.28. The Hall–Kier alpha value is -3.91. The second kappa shape index (κ2) is 12.9. The van der Waals surface area contributed by atoms with Crippen molar-refractivity contribution in [1.29, 1.82) is 0 Å². The Morgan fingerprint density at radius 2 is 1.78 bits per heavy atom. The van der Waals surface area contributed by atoms with Crippen LogP contribution in [0.5, 0.6) is 11.5 Å². The van der Waals surface area contributed by atoms with E-state index in [1.54, 1.807) is 49.7 Å². The molecule has 37 heavy (non-hydrogen) atoms. The van der Waals surface area contributed by atoms with Gasteiger partial charge in [0.2, 0.25) is 5.91 Å². The SMILES string of the molecule is COc1ccc(C(=O)N2CCCN(Cc3ccncc3)C(c3ccccc3)CC(=O)NCC2)c(OC)c1. The number of carbonyl (C=O) groups is 2. The molecule has 2 heterocycles. The van der Waals surface area contributed by atoms with Gasteiger partial charge < -0.3 is 19.7 Å². The Morgan fingerprint density at radius 1 is 1.00 bits per heavy atom. The first-order valence-corrected chi connectivity index (χ1v) is 12.5. The minimum absolute atomic E-state index is 0.0371. The van der Waals surface area contributed by atoms with Gasteiger partial charge in [0.15, 0.2) is 0 Å². The molecule has 0 aliphatic carbocycles. The molecule has 1 aliphatic rings. The van der Waals surface area contributed by atoms with Gasteiger partial charge in [0.25, 0.3) is 5.91 Å². The average Bonchev–Trinajstić information content (AvgIpc) is 2.98. The third-order valence-electron chi connectivity index (χ3n) is 6.64. The Kier molecular flexibility index (Phi) is 9.10. The van der Waals surface area contributed by atoms with Crippen LogP contribution in [0.15, 0.2) is 73.1 Å². The molecule has 1 aromatic heterocycles. The van der Waals surface area contributed by atoms with Crippen molar-refractivity contribution in [3.05, 3.63) is 89.7 Å². The molecule has 0 saturated carbocycles. The van der Waals surface area contributed by atoms with Gasteiger partial charge in [-0.15, -0.1) is 0 Å². The van der Waals surface area contributed by atoms with E-state index in [1.807, 2.05) is 30.3 Å². The maximum absolute atomic E-state index is 13.5. The lowest BCUT2D eigenvalue weighted by Crippen LogP contribution is -2.39. The molecule has 1 fully saturated rings. The highest BCUT2D eigenvalue weighted by molar-refractivity contribution is 5.97. The number of hydrogen-bond acceptors (Lipinski definition) is 6. The van der Waals surface area contributed by atoms with Crippen LogP contribution in [0.1, 0.15) is 40.4 Å². The first-order chi connectivity index (χ1) is 18.1. The van der Waals surface area contributed by atoms with Crippen molar-refractivity contribution in [3.8, 4) is 11.5 Å². The van der Waals surface area contributed by atoms with Crippen LogP contribution >= 0.6 is 0 Å². The molecule has 0 spiro atoms. The van der Waals surface area contributed by atoms with Crippen LogP contribution in [0.4, 0.5) is 0 Å². The summed E-state index contributed by atoms with van der Waals surface area (Å²) in [4.78, 5) is 34.8. The van der Waals surface area contributed by atoms with Crippen molar-refractivity contribution >= 4 is 11.8 Å². The average molecular weight is 503 g/mol. The summed E-state index contributed by atoms with van der Waals surface area (Å²) in [5.74, 6) is 0.918. The number of ether oxygens (including phenoxy) is 2. The largest absolute Gasteiger partial charge is 0.497 e. The van der Waals surface area contributed by atoms with E-state index in [0.717, 1.165) is 24.1 Å². The summed E-state index contributed by atoms with van der Waals surface area (Å²) in [6.45, 7) is 2.75. The summed E-state index contributed by atoms with van der Waals surface area (Å²) in [6, 6.07) is 19.2. The summed E-state index contributed by atoms with van der Waals surface area (Å²) in [7, 11) is 3.12. The number of nitrogens with zero attached hydrogens (tertiary/aromatic N) is 3. The standard InChI is InChI=1S/C29H34N4O4/c1-36-24-9-10-25(27(19-24)37-2)29(35)32-16-6-17-33(21-22-11-13-30-14-12-22)26(20-28(34)31-15-18-32)23-7-4-3-5-8-23/h3-5,7-14,19,26H,6,15-18,20-21H2,1-2H3,(H,31,34). The third kappa shape index (κ3) is 6.86. The molecule has 0 radical (unpaired) electrons. The van der Waals surface area contributed by atoms with E-state index >= 15 is 0 Å². The van der Waals surface area contributed by atoms with Crippen molar-refractivity contribution in [2.45, 2.75) is 25.4 Å². The zero-order chi connectivity index (χ0) is 26.0. The topological polar surface area (TPSA) is 84.0 Å². The molecular formula is C29H34N4O4. The molecule has 1 unspecified atom stereocenters. The molecule has 1 N–H and O–H groups in total. The summed E-state index contributed by atoms with van der Waals surface area (Å²) < 4.78 is 10.7. The van der Waals surface area contributed by atoms with Crippen LogP contribution in [-0.4, -0.2) is 67.0 Å². The Labute approximate surface area is 218 Å². The Balaban J connectivity index is 1.58. The first kappa shape index (κ1) is 26.2. The predicted octanol–water partition coefficient (Wildman–Crippen LogP) is 3.69. The van der Waals surface area contributed by atoms with Crippen molar-refractivity contribution in [1.82, 2.24) is 20.1 Å². The number of nitrogens with one attached hydrogen (secondary N) is 1. The zero-order valence-electron chi connectivity index (χ0n) is 21.4. The molecule has 1 aliphatic heterocycles. The molecule has 4 rings (SSSR count). The highest BCUT2D eigenvalue weighted by atomic mass is 16.5. The maximum atomic E-state index is 13.5. The lowest BCUT2D eigenvalue weighted by molar-refractivity contribution is -0.122. The number of hydrogen-bond donors (Lipinski definition) is 1. The lowest BCUT2D eigenvalue weighted by atomic mass is 10.00. The number of aromatic nitrogens is 1. The predicted molar refractivity (Wildman–Crippen MR) is 142 cm³/mol. The number of pyridine rings is 1. The van der Waals surface area contributed by atoms with Crippen LogP contribution in [0.3, 0.4) is 0 Å². The van der Waals surface area contributed by atoms with E-state index in [1.165, 1.54) is 0 Å².